The number of allylic oxidation sites excluding steroid dienone is 1. The summed E-state index contributed by atoms with van der Waals surface area (Å²) in [5, 5.41) is 6.92. The number of thioether (sulfide) groups is 1. The SMILES string of the molecule is COc1ccc2c(Cl)nc(C3NC(C(C)C)=CS3)nc2c1C. The second-order valence-corrected chi connectivity index (χ2v) is 6.89. The summed E-state index contributed by atoms with van der Waals surface area (Å²) in [7, 11) is 1.66. The lowest BCUT2D eigenvalue weighted by Crippen LogP contribution is -2.18. The van der Waals surface area contributed by atoms with Crippen LogP contribution in [0.1, 0.15) is 30.6 Å². The second kappa shape index (κ2) is 5.97. The lowest BCUT2D eigenvalue weighted by atomic mass is 10.1. The van der Waals surface area contributed by atoms with E-state index in [4.69, 9.17) is 21.3 Å². The molecular weight excluding hydrogens is 318 g/mol. The molecule has 0 spiro atoms. The molecule has 22 heavy (non-hydrogen) atoms. The third kappa shape index (κ3) is 2.63. The first-order chi connectivity index (χ1) is 10.5. The third-order valence-corrected chi connectivity index (χ3v) is 5.03. The molecule has 0 saturated heterocycles. The van der Waals surface area contributed by atoms with E-state index in [0.717, 1.165) is 22.2 Å². The Morgan fingerprint density at radius 3 is 2.73 bits per heavy atom. The Hall–Kier alpha value is -1.46. The van der Waals surface area contributed by atoms with Crippen LogP contribution in [0.25, 0.3) is 10.9 Å². The van der Waals surface area contributed by atoms with E-state index in [1.807, 2.05) is 19.1 Å². The Bertz CT molecular complexity index is 761. The fraction of sp³-hybridized carbons (Fsp3) is 0.375. The molecular formula is C16H18ClN3OS. The minimum atomic E-state index is 0.00454. The van der Waals surface area contributed by atoms with Gasteiger partial charge in [-0.1, -0.05) is 37.2 Å². The van der Waals surface area contributed by atoms with Crippen molar-refractivity contribution in [1.29, 1.82) is 0 Å². The molecule has 2 aromatic rings. The molecule has 6 heteroatoms. The minimum absolute atomic E-state index is 0.00454. The first kappa shape index (κ1) is 15.4. The van der Waals surface area contributed by atoms with Crippen LogP contribution in [0, 0.1) is 12.8 Å². The molecule has 4 nitrogen and oxygen atoms in total. The molecule has 1 atom stereocenters. The van der Waals surface area contributed by atoms with Crippen molar-refractivity contribution < 1.29 is 4.74 Å². The van der Waals surface area contributed by atoms with Gasteiger partial charge in [-0.3, -0.25) is 0 Å². The van der Waals surface area contributed by atoms with Crippen LogP contribution in [0.5, 0.6) is 5.75 Å². The maximum atomic E-state index is 6.36. The van der Waals surface area contributed by atoms with Gasteiger partial charge in [-0.25, -0.2) is 9.97 Å². The summed E-state index contributed by atoms with van der Waals surface area (Å²) < 4.78 is 5.37. The number of benzene rings is 1. The van der Waals surface area contributed by atoms with Gasteiger partial charge >= 0.3 is 0 Å². The van der Waals surface area contributed by atoms with Crippen molar-refractivity contribution in [3.63, 3.8) is 0 Å². The van der Waals surface area contributed by atoms with Crippen LogP contribution >= 0.6 is 23.4 Å². The number of methoxy groups -OCH3 is 1. The number of halogens is 1. The van der Waals surface area contributed by atoms with Crippen LogP contribution < -0.4 is 10.1 Å². The maximum absolute atomic E-state index is 6.36. The van der Waals surface area contributed by atoms with Gasteiger partial charge < -0.3 is 10.1 Å². The normalized spacial score (nSPS) is 17.7. The number of aryl methyl sites for hydroxylation is 1. The molecule has 116 valence electrons. The van der Waals surface area contributed by atoms with Gasteiger partial charge in [-0.05, 0) is 30.4 Å². The summed E-state index contributed by atoms with van der Waals surface area (Å²) in [6.45, 7) is 6.30. The number of aromatic nitrogens is 2. The lowest BCUT2D eigenvalue weighted by Gasteiger charge is -2.15. The highest BCUT2D eigenvalue weighted by Gasteiger charge is 2.24. The summed E-state index contributed by atoms with van der Waals surface area (Å²) in [5.41, 5.74) is 3.03. The van der Waals surface area contributed by atoms with E-state index in [-0.39, 0.29) is 5.37 Å². The van der Waals surface area contributed by atoms with Gasteiger partial charge in [0.25, 0.3) is 0 Å². The number of hydrogen-bond donors (Lipinski definition) is 1. The Morgan fingerprint density at radius 2 is 2.09 bits per heavy atom. The zero-order valence-electron chi connectivity index (χ0n) is 13.0. The topological polar surface area (TPSA) is 47.0 Å². The van der Waals surface area contributed by atoms with Crippen molar-refractivity contribution in [2.45, 2.75) is 26.1 Å². The molecule has 1 aromatic heterocycles. The van der Waals surface area contributed by atoms with E-state index >= 15 is 0 Å². The van der Waals surface area contributed by atoms with Gasteiger partial charge in [0.2, 0.25) is 0 Å². The average molecular weight is 336 g/mol. The smallest absolute Gasteiger partial charge is 0.163 e. The van der Waals surface area contributed by atoms with Gasteiger partial charge in [0.05, 0.1) is 12.6 Å². The van der Waals surface area contributed by atoms with E-state index in [1.54, 1.807) is 18.9 Å². The Labute approximate surface area is 139 Å². The number of nitrogens with zero attached hydrogens (tertiary/aromatic N) is 2. The van der Waals surface area contributed by atoms with Crippen LogP contribution in [0.15, 0.2) is 23.2 Å². The van der Waals surface area contributed by atoms with Crippen molar-refractivity contribution in [2.75, 3.05) is 7.11 Å². The minimum Gasteiger partial charge on any atom is -0.496 e. The molecule has 1 N–H and O–H groups in total. The van der Waals surface area contributed by atoms with Crippen molar-refractivity contribution in [3.05, 3.63) is 39.8 Å². The molecule has 1 aliphatic heterocycles. The lowest BCUT2D eigenvalue weighted by molar-refractivity contribution is 0.412. The van der Waals surface area contributed by atoms with Crippen LogP contribution in [-0.2, 0) is 0 Å². The van der Waals surface area contributed by atoms with Gasteiger partial charge in [0.15, 0.2) is 5.82 Å². The molecule has 2 heterocycles. The standard InChI is InChI=1S/C16H18ClN3OS/c1-8(2)11-7-22-16(18-11)15-19-13-9(3)12(21-4)6-5-10(13)14(17)20-15/h5-8,16,18H,1-4H3. The molecule has 3 rings (SSSR count). The zero-order chi connectivity index (χ0) is 15.9. The number of nitrogens with one attached hydrogen (secondary N) is 1. The predicted molar refractivity (Wildman–Crippen MR) is 92.2 cm³/mol. The van der Waals surface area contributed by atoms with E-state index in [9.17, 15) is 0 Å². The maximum Gasteiger partial charge on any atom is 0.163 e. The Kier molecular flexibility index (Phi) is 4.19. The van der Waals surface area contributed by atoms with E-state index in [0.29, 0.717) is 16.9 Å². The molecule has 0 aliphatic carbocycles. The fourth-order valence-electron chi connectivity index (χ4n) is 2.42. The van der Waals surface area contributed by atoms with Gasteiger partial charge in [-0.15, -0.1) is 0 Å². The second-order valence-electron chi connectivity index (χ2n) is 5.55. The molecule has 1 aliphatic rings. The summed E-state index contributed by atoms with van der Waals surface area (Å²) in [4.78, 5) is 9.20. The Balaban J connectivity index is 2.04. The molecule has 0 amide bonds. The number of rotatable bonds is 3. The Morgan fingerprint density at radius 1 is 1.32 bits per heavy atom. The fourth-order valence-corrected chi connectivity index (χ4v) is 3.71. The van der Waals surface area contributed by atoms with Crippen molar-refractivity contribution >= 4 is 34.3 Å². The molecule has 0 saturated carbocycles. The largest absolute Gasteiger partial charge is 0.496 e. The highest BCUT2D eigenvalue weighted by atomic mass is 35.5. The number of hydrogen-bond acceptors (Lipinski definition) is 5. The number of fused-ring (bicyclic) bond motifs is 1. The third-order valence-electron chi connectivity index (χ3n) is 3.75. The van der Waals surface area contributed by atoms with E-state index in [1.165, 1.54) is 5.70 Å². The van der Waals surface area contributed by atoms with Crippen LogP contribution in [0.3, 0.4) is 0 Å². The molecule has 0 bridgehead atoms. The molecule has 0 fully saturated rings. The van der Waals surface area contributed by atoms with Gasteiger partial charge in [0, 0.05) is 16.6 Å². The van der Waals surface area contributed by atoms with Crippen LogP contribution in [-0.4, -0.2) is 17.1 Å². The molecule has 1 unspecified atom stereocenters. The van der Waals surface area contributed by atoms with Gasteiger partial charge in [0.1, 0.15) is 16.3 Å². The summed E-state index contributed by atoms with van der Waals surface area (Å²) in [6.07, 6.45) is 0. The van der Waals surface area contributed by atoms with E-state index in [2.05, 4.69) is 29.6 Å². The molecule has 0 radical (unpaired) electrons. The van der Waals surface area contributed by atoms with Crippen molar-refractivity contribution in [2.24, 2.45) is 5.92 Å². The summed E-state index contributed by atoms with van der Waals surface area (Å²) in [6, 6.07) is 3.80. The monoisotopic (exact) mass is 335 g/mol. The summed E-state index contributed by atoms with van der Waals surface area (Å²) in [5.74, 6) is 1.96. The van der Waals surface area contributed by atoms with Crippen LogP contribution in [0.2, 0.25) is 5.15 Å². The van der Waals surface area contributed by atoms with E-state index < -0.39 is 0 Å². The van der Waals surface area contributed by atoms with Crippen molar-refractivity contribution in [3.8, 4) is 5.75 Å². The number of ether oxygens (including phenoxy) is 1. The van der Waals surface area contributed by atoms with Crippen LogP contribution in [0.4, 0.5) is 0 Å². The predicted octanol–water partition coefficient (Wildman–Crippen LogP) is 4.43. The van der Waals surface area contributed by atoms with Crippen molar-refractivity contribution in [1.82, 2.24) is 15.3 Å². The zero-order valence-corrected chi connectivity index (χ0v) is 14.5. The first-order valence-electron chi connectivity index (χ1n) is 7.14. The molecule has 1 aromatic carbocycles. The summed E-state index contributed by atoms with van der Waals surface area (Å²) >= 11 is 8.04. The quantitative estimate of drug-likeness (QED) is 0.841. The van der Waals surface area contributed by atoms with Gasteiger partial charge in [-0.2, -0.15) is 0 Å². The first-order valence-corrected chi connectivity index (χ1v) is 8.46. The average Bonchev–Trinajstić information content (AvgIpc) is 2.98. The highest BCUT2D eigenvalue weighted by molar-refractivity contribution is 8.02. The highest BCUT2D eigenvalue weighted by Crippen LogP contribution is 2.37.